The van der Waals surface area contributed by atoms with Gasteiger partial charge in [-0.2, -0.15) is 0 Å². The summed E-state index contributed by atoms with van der Waals surface area (Å²) in [5, 5.41) is 9.32. The average molecular weight is 211 g/mol. The number of nitrogens with zero attached hydrogens (tertiary/aromatic N) is 1. The van der Waals surface area contributed by atoms with E-state index in [9.17, 15) is 5.11 Å². The van der Waals surface area contributed by atoms with E-state index in [-0.39, 0.29) is 5.41 Å². The second kappa shape index (κ2) is 3.99. The summed E-state index contributed by atoms with van der Waals surface area (Å²) in [7, 11) is 0. The van der Waals surface area contributed by atoms with E-state index in [0.29, 0.717) is 6.61 Å². The van der Waals surface area contributed by atoms with Crippen LogP contribution in [0.4, 0.5) is 0 Å². The van der Waals surface area contributed by atoms with Gasteiger partial charge >= 0.3 is 0 Å². The Morgan fingerprint density at radius 3 is 2.79 bits per heavy atom. The topological polar surface area (TPSA) is 33.1 Å². The molecule has 78 valence electrons. The number of aliphatic hydroxyl groups excluding tert-OH is 1. The fourth-order valence-corrected chi connectivity index (χ4v) is 2.89. The van der Waals surface area contributed by atoms with Crippen molar-refractivity contribution in [3.8, 4) is 0 Å². The van der Waals surface area contributed by atoms with Crippen LogP contribution in [0, 0.1) is 12.3 Å². The van der Waals surface area contributed by atoms with Crippen molar-refractivity contribution in [2.24, 2.45) is 5.41 Å². The van der Waals surface area contributed by atoms with Gasteiger partial charge in [0, 0.05) is 11.5 Å². The molecular formula is C11H17NOS. The van der Waals surface area contributed by atoms with E-state index in [2.05, 4.69) is 11.9 Å². The van der Waals surface area contributed by atoms with Gasteiger partial charge in [-0.3, -0.25) is 0 Å². The number of hydrogen-bond donors (Lipinski definition) is 1. The molecule has 1 fully saturated rings. The minimum absolute atomic E-state index is 0.260. The Bertz CT molecular complexity index is 298. The molecule has 1 N–H and O–H groups in total. The van der Waals surface area contributed by atoms with E-state index < -0.39 is 0 Å². The number of aromatic nitrogens is 1. The van der Waals surface area contributed by atoms with Crippen LogP contribution in [-0.4, -0.2) is 16.7 Å². The van der Waals surface area contributed by atoms with Gasteiger partial charge in [0.05, 0.1) is 11.2 Å². The molecule has 3 heteroatoms. The summed E-state index contributed by atoms with van der Waals surface area (Å²) in [6.45, 7) is 2.43. The summed E-state index contributed by atoms with van der Waals surface area (Å²) in [5.74, 6) is 0. The van der Waals surface area contributed by atoms with Crippen molar-refractivity contribution in [1.82, 2.24) is 4.98 Å². The minimum atomic E-state index is 0.260. The molecule has 1 aliphatic carbocycles. The van der Waals surface area contributed by atoms with Crippen LogP contribution in [0.1, 0.15) is 36.3 Å². The Hall–Kier alpha value is -0.410. The molecule has 0 unspecified atom stereocenters. The van der Waals surface area contributed by atoms with Gasteiger partial charge in [-0.05, 0) is 38.0 Å². The Morgan fingerprint density at radius 2 is 2.36 bits per heavy atom. The Kier molecular flexibility index (Phi) is 2.88. The van der Waals surface area contributed by atoms with Crippen LogP contribution in [0.15, 0.2) is 5.51 Å². The first kappa shape index (κ1) is 10.1. The van der Waals surface area contributed by atoms with E-state index in [1.807, 2.05) is 5.51 Å². The number of rotatable bonds is 4. The fraction of sp³-hybridized carbons (Fsp3) is 0.727. The molecule has 1 heterocycles. The van der Waals surface area contributed by atoms with Gasteiger partial charge in [0.2, 0.25) is 0 Å². The highest BCUT2D eigenvalue weighted by Gasteiger charge is 2.35. The molecule has 14 heavy (non-hydrogen) atoms. The molecule has 2 rings (SSSR count). The monoisotopic (exact) mass is 211 g/mol. The second-order valence-corrected chi connectivity index (χ2v) is 5.31. The summed E-state index contributed by atoms with van der Waals surface area (Å²) in [5.41, 5.74) is 3.34. The van der Waals surface area contributed by atoms with Crippen molar-refractivity contribution >= 4 is 11.3 Å². The third kappa shape index (κ3) is 1.84. The Morgan fingerprint density at radius 1 is 1.57 bits per heavy atom. The molecule has 0 radical (unpaired) electrons. The fourth-order valence-electron chi connectivity index (χ4n) is 2.11. The maximum Gasteiger partial charge on any atom is 0.0797 e. The largest absolute Gasteiger partial charge is 0.396 e. The van der Waals surface area contributed by atoms with Gasteiger partial charge in [0.15, 0.2) is 0 Å². The average Bonchev–Trinajstić information content (AvgIpc) is 2.51. The van der Waals surface area contributed by atoms with Gasteiger partial charge < -0.3 is 5.11 Å². The van der Waals surface area contributed by atoms with Crippen molar-refractivity contribution in [3.05, 3.63) is 16.1 Å². The number of aliphatic hydroxyl groups is 1. The smallest absolute Gasteiger partial charge is 0.0797 e. The van der Waals surface area contributed by atoms with Gasteiger partial charge in [-0.1, -0.05) is 6.42 Å². The predicted octanol–water partition coefficient (Wildman–Crippen LogP) is 2.55. The van der Waals surface area contributed by atoms with Crippen LogP contribution in [0.3, 0.4) is 0 Å². The zero-order chi connectivity index (χ0) is 10.0. The number of hydrogen-bond acceptors (Lipinski definition) is 3. The van der Waals surface area contributed by atoms with E-state index in [1.54, 1.807) is 11.3 Å². The molecule has 0 aromatic carbocycles. The van der Waals surface area contributed by atoms with Crippen LogP contribution in [0.2, 0.25) is 0 Å². The van der Waals surface area contributed by atoms with Crippen LogP contribution >= 0.6 is 11.3 Å². The molecule has 0 aliphatic heterocycles. The molecular weight excluding hydrogens is 194 g/mol. The van der Waals surface area contributed by atoms with E-state index in [4.69, 9.17) is 0 Å². The Labute approximate surface area is 89.0 Å². The standard InChI is InChI=1S/C11H17NOS/c1-9-10(14-8-12-9)3-6-11(7-13)4-2-5-11/h8,13H,2-7H2,1H3. The zero-order valence-electron chi connectivity index (χ0n) is 8.62. The van der Waals surface area contributed by atoms with Crippen LogP contribution in [0.25, 0.3) is 0 Å². The molecule has 1 saturated carbocycles. The summed E-state index contributed by atoms with van der Waals surface area (Å²) < 4.78 is 0. The van der Waals surface area contributed by atoms with Gasteiger partial charge in [0.1, 0.15) is 0 Å². The lowest BCUT2D eigenvalue weighted by atomic mass is 9.66. The SMILES string of the molecule is Cc1ncsc1CCC1(CO)CCC1. The maximum atomic E-state index is 9.32. The van der Waals surface area contributed by atoms with Crippen LogP contribution in [0.5, 0.6) is 0 Å². The van der Waals surface area contributed by atoms with Crippen molar-refractivity contribution in [2.45, 2.75) is 39.0 Å². The van der Waals surface area contributed by atoms with Gasteiger partial charge in [-0.25, -0.2) is 4.98 Å². The second-order valence-electron chi connectivity index (χ2n) is 4.37. The van der Waals surface area contributed by atoms with Crippen molar-refractivity contribution < 1.29 is 5.11 Å². The molecule has 0 amide bonds. The van der Waals surface area contributed by atoms with E-state index in [0.717, 1.165) is 12.8 Å². The third-order valence-electron chi connectivity index (χ3n) is 3.48. The first-order valence-electron chi connectivity index (χ1n) is 5.26. The van der Waals surface area contributed by atoms with E-state index in [1.165, 1.54) is 29.8 Å². The zero-order valence-corrected chi connectivity index (χ0v) is 9.44. The van der Waals surface area contributed by atoms with Crippen molar-refractivity contribution in [1.29, 1.82) is 0 Å². The quantitative estimate of drug-likeness (QED) is 0.830. The third-order valence-corrected chi connectivity index (χ3v) is 4.47. The Balaban J connectivity index is 1.90. The lowest BCUT2D eigenvalue weighted by molar-refractivity contribution is 0.0366. The first-order chi connectivity index (χ1) is 6.76. The molecule has 0 spiro atoms. The molecule has 0 bridgehead atoms. The summed E-state index contributed by atoms with van der Waals surface area (Å²) in [6, 6.07) is 0. The van der Waals surface area contributed by atoms with Gasteiger partial charge in [-0.15, -0.1) is 11.3 Å². The molecule has 1 aliphatic rings. The molecule has 0 atom stereocenters. The predicted molar refractivity (Wildman–Crippen MR) is 58.5 cm³/mol. The van der Waals surface area contributed by atoms with Crippen molar-refractivity contribution in [3.63, 3.8) is 0 Å². The summed E-state index contributed by atoms with van der Waals surface area (Å²) in [4.78, 5) is 5.64. The van der Waals surface area contributed by atoms with Crippen molar-refractivity contribution in [2.75, 3.05) is 6.61 Å². The maximum absolute atomic E-state index is 9.32. The molecule has 1 aromatic heterocycles. The lowest BCUT2D eigenvalue weighted by Gasteiger charge is -2.40. The normalized spacial score (nSPS) is 19.3. The van der Waals surface area contributed by atoms with Crippen LogP contribution < -0.4 is 0 Å². The molecule has 1 aromatic rings. The number of thiazole rings is 1. The van der Waals surface area contributed by atoms with Gasteiger partial charge in [0.25, 0.3) is 0 Å². The highest BCUT2D eigenvalue weighted by molar-refractivity contribution is 7.09. The lowest BCUT2D eigenvalue weighted by Crippen LogP contribution is -2.33. The number of aryl methyl sites for hydroxylation is 2. The summed E-state index contributed by atoms with van der Waals surface area (Å²) in [6.07, 6.45) is 5.94. The van der Waals surface area contributed by atoms with E-state index >= 15 is 0 Å². The molecule has 0 saturated heterocycles. The molecule has 2 nitrogen and oxygen atoms in total. The first-order valence-corrected chi connectivity index (χ1v) is 6.14. The summed E-state index contributed by atoms with van der Waals surface area (Å²) >= 11 is 1.74. The highest BCUT2D eigenvalue weighted by Crippen LogP contribution is 2.44. The minimum Gasteiger partial charge on any atom is -0.396 e. The van der Waals surface area contributed by atoms with Crippen LogP contribution in [-0.2, 0) is 6.42 Å². The highest BCUT2D eigenvalue weighted by atomic mass is 32.1.